The molecule has 0 radical (unpaired) electrons. The van der Waals surface area contributed by atoms with Crippen molar-refractivity contribution in [2.45, 2.75) is 19.8 Å². The summed E-state index contributed by atoms with van der Waals surface area (Å²) in [5, 5.41) is 0.814. The Morgan fingerprint density at radius 3 is 2.57 bits per heavy atom. The number of nitrogens with zero attached hydrogens (tertiary/aromatic N) is 2. The van der Waals surface area contributed by atoms with Crippen molar-refractivity contribution in [3.8, 4) is 11.5 Å². The fourth-order valence-corrected chi connectivity index (χ4v) is 3.71. The highest BCUT2D eigenvalue weighted by Crippen LogP contribution is 2.28. The van der Waals surface area contributed by atoms with E-state index < -0.39 is 0 Å². The molecule has 1 fully saturated rings. The summed E-state index contributed by atoms with van der Waals surface area (Å²) >= 11 is 0. The molecule has 0 N–H and O–H groups in total. The smallest absolute Gasteiger partial charge is 0.308 e. The van der Waals surface area contributed by atoms with Gasteiger partial charge in [-0.3, -0.25) is 9.59 Å². The fourth-order valence-electron chi connectivity index (χ4n) is 3.71. The second-order valence-corrected chi connectivity index (χ2v) is 7.07. The lowest BCUT2D eigenvalue weighted by molar-refractivity contribution is -0.146. The zero-order valence-electron chi connectivity index (χ0n) is 16.0. The molecule has 3 heterocycles. The lowest BCUT2D eigenvalue weighted by atomic mass is 9.96. The van der Waals surface area contributed by atoms with Crippen LogP contribution in [-0.4, -0.2) is 42.0 Å². The van der Waals surface area contributed by atoms with Crippen molar-refractivity contribution < 1.29 is 18.7 Å². The van der Waals surface area contributed by atoms with Gasteiger partial charge in [0, 0.05) is 18.5 Å². The van der Waals surface area contributed by atoms with E-state index in [1.54, 1.807) is 11.0 Å². The monoisotopic (exact) mass is 378 g/mol. The molecule has 1 saturated heterocycles. The minimum Gasteiger partial charge on any atom is -0.469 e. The molecule has 0 bridgehead atoms. The Morgan fingerprint density at radius 1 is 1.14 bits per heavy atom. The van der Waals surface area contributed by atoms with Gasteiger partial charge in [-0.1, -0.05) is 18.2 Å². The van der Waals surface area contributed by atoms with Gasteiger partial charge in [0.2, 0.25) is 0 Å². The van der Waals surface area contributed by atoms with E-state index in [1.807, 2.05) is 43.3 Å². The number of aromatic nitrogens is 1. The summed E-state index contributed by atoms with van der Waals surface area (Å²) < 4.78 is 10.5. The van der Waals surface area contributed by atoms with Gasteiger partial charge in [0.15, 0.2) is 5.76 Å². The number of likely N-dealkylation sites (tertiary alicyclic amines) is 1. The molecule has 0 unspecified atom stereocenters. The van der Waals surface area contributed by atoms with Crippen LogP contribution in [0.5, 0.6) is 0 Å². The Bertz CT molecular complexity index is 1030. The number of para-hydroxylation sites is 1. The van der Waals surface area contributed by atoms with E-state index in [9.17, 15) is 9.59 Å². The molecule has 0 aliphatic carbocycles. The molecule has 6 nitrogen and oxygen atoms in total. The highest BCUT2D eigenvalue weighted by Gasteiger charge is 2.29. The van der Waals surface area contributed by atoms with E-state index in [0.29, 0.717) is 42.9 Å². The van der Waals surface area contributed by atoms with Gasteiger partial charge in [0.25, 0.3) is 5.91 Å². The van der Waals surface area contributed by atoms with Crippen molar-refractivity contribution in [2.75, 3.05) is 20.2 Å². The largest absolute Gasteiger partial charge is 0.469 e. The number of hydrogen-bond acceptors (Lipinski definition) is 5. The minimum atomic E-state index is -0.197. The number of amides is 1. The average molecular weight is 378 g/mol. The van der Waals surface area contributed by atoms with Gasteiger partial charge in [-0.15, -0.1) is 0 Å². The third-order valence-electron chi connectivity index (χ3n) is 5.26. The van der Waals surface area contributed by atoms with Crippen LogP contribution < -0.4 is 0 Å². The number of pyridine rings is 1. The van der Waals surface area contributed by atoms with E-state index in [2.05, 4.69) is 4.98 Å². The number of ether oxygens (including phenoxy) is 1. The molecule has 0 saturated carbocycles. The van der Waals surface area contributed by atoms with Gasteiger partial charge in [-0.05, 0) is 44.0 Å². The fraction of sp³-hybridized carbons (Fsp3) is 0.318. The number of rotatable bonds is 3. The van der Waals surface area contributed by atoms with Crippen molar-refractivity contribution in [1.82, 2.24) is 9.88 Å². The van der Waals surface area contributed by atoms with Crippen LogP contribution in [0.1, 0.15) is 29.0 Å². The number of benzene rings is 1. The number of methoxy groups -OCH3 is 1. The number of carbonyl (C=O) groups is 2. The van der Waals surface area contributed by atoms with E-state index in [0.717, 1.165) is 16.7 Å². The molecule has 3 aromatic rings. The van der Waals surface area contributed by atoms with E-state index in [4.69, 9.17) is 9.15 Å². The third kappa shape index (κ3) is 3.38. The van der Waals surface area contributed by atoms with Crippen LogP contribution >= 0.6 is 0 Å². The second kappa shape index (κ2) is 7.46. The van der Waals surface area contributed by atoms with Crippen molar-refractivity contribution in [3.63, 3.8) is 0 Å². The lowest BCUT2D eigenvalue weighted by Gasteiger charge is -2.31. The molecule has 144 valence electrons. The summed E-state index contributed by atoms with van der Waals surface area (Å²) in [6.07, 6.45) is 1.23. The van der Waals surface area contributed by atoms with Gasteiger partial charge in [0.1, 0.15) is 11.5 Å². The standard InChI is InChI=1S/C22H22N2O4/c1-14-7-8-20(28-14)19-13-17(16-5-3-4-6-18(16)23-19)21(25)24-11-9-15(10-12-24)22(26)27-2/h3-8,13,15H,9-12H2,1-2H3. The number of furan rings is 1. The Balaban J connectivity index is 1.67. The van der Waals surface area contributed by atoms with Crippen LogP contribution in [0.3, 0.4) is 0 Å². The number of carbonyl (C=O) groups excluding carboxylic acids is 2. The summed E-state index contributed by atoms with van der Waals surface area (Å²) in [5.41, 5.74) is 1.99. The Labute approximate surface area is 163 Å². The zero-order chi connectivity index (χ0) is 19.7. The summed E-state index contributed by atoms with van der Waals surface area (Å²) in [4.78, 5) is 31.5. The Kier molecular flexibility index (Phi) is 4.86. The maximum atomic E-state index is 13.3. The quantitative estimate of drug-likeness (QED) is 0.648. The normalized spacial score (nSPS) is 15.0. The first-order valence-electron chi connectivity index (χ1n) is 9.40. The first-order chi connectivity index (χ1) is 13.6. The highest BCUT2D eigenvalue weighted by molar-refractivity contribution is 6.07. The average Bonchev–Trinajstić information content (AvgIpc) is 3.18. The second-order valence-electron chi connectivity index (χ2n) is 7.07. The van der Waals surface area contributed by atoms with Crippen LogP contribution in [0, 0.1) is 12.8 Å². The molecule has 2 aromatic heterocycles. The van der Waals surface area contributed by atoms with Crippen LogP contribution in [0.15, 0.2) is 46.9 Å². The molecule has 0 spiro atoms. The molecule has 1 aliphatic rings. The van der Waals surface area contributed by atoms with Gasteiger partial charge >= 0.3 is 5.97 Å². The molecule has 1 aromatic carbocycles. The van der Waals surface area contributed by atoms with Crippen LogP contribution in [-0.2, 0) is 9.53 Å². The third-order valence-corrected chi connectivity index (χ3v) is 5.26. The lowest BCUT2D eigenvalue weighted by Crippen LogP contribution is -2.40. The summed E-state index contributed by atoms with van der Waals surface area (Å²) in [6, 6.07) is 13.2. The molecule has 6 heteroatoms. The van der Waals surface area contributed by atoms with E-state index in [-0.39, 0.29) is 17.8 Å². The molecular formula is C22H22N2O4. The summed E-state index contributed by atoms with van der Waals surface area (Å²) in [6.45, 7) is 2.94. The van der Waals surface area contributed by atoms with Crippen molar-refractivity contribution >= 4 is 22.8 Å². The Hall–Kier alpha value is -3.15. The predicted octanol–water partition coefficient (Wildman–Crippen LogP) is 3.83. The van der Waals surface area contributed by atoms with Crippen molar-refractivity contribution in [2.24, 2.45) is 5.92 Å². The zero-order valence-corrected chi connectivity index (χ0v) is 16.0. The Morgan fingerprint density at radius 2 is 1.89 bits per heavy atom. The molecule has 0 atom stereocenters. The molecule has 4 rings (SSSR count). The maximum Gasteiger partial charge on any atom is 0.308 e. The number of aryl methyl sites for hydroxylation is 1. The van der Waals surface area contributed by atoms with Crippen LogP contribution in [0.2, 0.25) is 0 Å². The van der Waals surface area contributed by atoms with Crippen LogP contribution in [0.4, 0.5) is 0 Å². The van der Waals surface area contributed by atoms with Gasteiger partial charge in [0.05, 0.1) is 24.1 Å². The maximum absolute atomic E-state index is 13.3. The first-order valence-corrected chi connectivity index (χ1v) is 9.40. The van der Waals surface area contributed by atoms with Gasteiger partial charge < -0.3 is 14.1 Å². The van der Waals surface area contributed by atoms with Gasteiger partial charge in [-0.25, -0.2) is 4.98 Å². The molecular weight excluding hydrogens is 356 g/mol. The number of fused-ring (bicyclic) bond motifs is 1. The van der Waals surface area contributed by atoms with Crippen molar-refractivity contribution in [1.29, 1.82) is 0 Å². The van der Waals surface area contributed by atoms with E-state index in [1.165, 1.54) is 7.11 Å². The predicted molar refractivity (Wildman–Crippen MR) is 105 cm³/mol. The number of piperidine rings is 1. The SMILES string of the molecule is COC(=O)C1CCN(C(=O)c2cc(-c3ccc(C)o3)nc3ccccc23)CC1. The van der Waals surface area contributed by atoms with Crippen LogP contribution in [0.25, 0.3) is 22.4 Å². The first kappa shape index (κ1) is 18.2. The molecule has 28 heavy (non-hydrogen) atoms. The number of esters is 1. The molecule has 1 amide bonds. The van der Waals surface area contributed by atoms with Crippen molar-refractivity contribution in [3.05, 3.63) is 53.8 Å². The summed E-state index contributed by atoms with van der Waals surface area (Å²) in [5.74, 6) is 1.05. The highest BCUT2D eigenvalue weighted by atomic mass is 16.5. The number of hydrogen-bond donors (Lipinski definition) is 0. The summed E-state index contributed by atoms with van der Waals surface area (Å²) in [7, 11) is 1.40. The van der Waals surface area contributed by atoms with E-state index >= 15 is 0 Å². The minimum absolute atomic E-state index is 0.0496. The van der Waals surface area contributed by atoms with Gasteiger partial charge in [-0.2, -0.15) is 0 Å². The molecule has 1 aliphatic heterocycles. The topological polar surface area (TPSA) is 72.6 Å².